The lowest BCUT2D eigenvalue weighted by molar-refractivity contribution is -0.0263. The number of likely N-dealkylation sites (N-methyl/N-ethyl adjacent to an activating group) is 2. The van der Waals surface area contributed by atoms with Crippen molar-refractivity contribution in [3.05, 3.63) is 0 Å². The lowest BCUT2D eigenvalue weighted by Crippen LogP contribution is -2.59. The van der Waals surface area contributed by atoms with Crippen LogP contribution in [-0.2, 0) is 4.74 Å². The fraction of sp³-hybridized carbons (Fsp3) is 1.00. The lowest BCUT2D eigenvalue weighted by Gasteiger charge is -2.44. The zero-order valence-electron chi connectivity index (χ0n) is 16.1. The third-order valence-electron chi connectivity index (χ3n) is 5.73. The first kappa shape index (κ1) is 20.9. The fourth-order valence-corrected chi connectivity index (χ4v) is 3.69. The summed E-state index contributed by atoms with van der Waals surface area (Å²) in [4.78, 5) is 0. The molecule has 0 aromatic carbocycles. The molecule has 0 unspecified atom stereocenters. The van der Waals surface area contributed by atoms with Crippen LogP contribution in [0.3, 0.4) is 0 Å². The van der Waals surface area contributed by atoms with Gasteiger partial charge in [0.1, 0.15) is 0 Å². The minimum absolute atomic E-state index is 0.0352. The molecular formula is C18H40N2O. The molecule has 2 N–H and O–H groups in total. The van der Waals surface area contributed by atoms with E-state index in [2.05, 4.69) is 80.1 Å². The average molecular weight is 301 g/mol. The van der Waals surface area contributed by atoms with Crippen molar-refractivity contribution in [2.45, 2.75) is 66.5 Å². The van der Waals surface area contributed by atoms with E-state index in [9.17, 15) is 0 Å². The largest absolute Gasteiger partial charge is 0.378 e. The Hall–Kier alpha value is -0.120. The Morgan fingerprint density at radius 1 is 0.619 bits per heavy atom. The molecule has 0 aliphatic carbocycles. The van der Waals surface area contributed by atoms with Crippen LogP contribution in [0.4, 0.5) is 0 Å². The summed E-state index contributed by atoms with van der Waals surface area (Å²) >= 11 is 0. The average Bonchev–Trinajstić information content (AvgIpc) is 2.37. The van der Waals surface area contributed by atoms with Gasteiger partial charge in [-0.15, -0.1) is 0 Å². The molecule has 21 heavy (non-hydrogen) atoms. The SMILES string of the molecule is CNC(COCC(NC)(C(C)C)C(C)C)(C(C)C)C(C)C. The maximum Gasteiger partial charge on any atom is 0.0654 e. The lowest BCUT2D eigenvalue weighted by atomic mass is 9.76. The van der Waals surface area contributed by atoms with Gasteiger partial charge in [0.05, 0.1) is 13.2 Å². The highest BCUT2D eigenvalue weighted by Crippen LogP contribution is 2.29. The summed E-state index contributed by atoms with van der Waals surface area (Å²) in [6, 6.07) is 0. The molecular weight excluding hydrogens is 260 g/mol. The summed E-state index contributed by atoms with van der Waals surface area (Å²) < 4.78 is 6.27. The molecule has 3 heteroatoms. The van der Waals surface area contributed by atoms with Crippen LogP contribution < -0.4 is 10.6 Å². The van der Waals surface area contributed by atoms with Gasteiger partial charge in [-0.3, -0.25) is 0 Å². The second-order valence-corrected chi connectivity index (χ2v) is 7.69. The van der Waals surface area contributed by atoms with Crippen LogP contribution in [-0.4, -0.2) is 38.4 Å². The Kier molecular flexibility index (Phi) is 8.45. The molecule has 0 spiro atoms. The smallest absolute Gasteiger partial charge is 0.0654 e. The van der Waals surface area contributed by atoms with Gasteiger partial charge in [-0.2, -0.15) is 0 Å². The van der Waals surface area contributed by atoms with Gasteiger partial charge in [-0.1, -0.05) is 55.4 Å². The molecule has 0 aromatic heterocycles. The number of rotatable bonds is 10. The second kappa shape index (κ2) is 8.50. The van der Waals surface area contributed by atoms with Gasteiger partial charge in [-0.25, -0.2) is 0 Å². The van der Waals surface area contributed by atoms with E-state index < -0.39 is 0 Å². The van der Waals surface area contributed by atoms with Crippen LogP contribution >= 0.6 is 0 Å². The van der Waals surface area contributed by atoms with Crippen LogP contribution in [0.5, 0.6) is 0 Å². The highest BCUT2D eigenvalue weighted by molar-refractivity contribution is 4.96. The van der Waals surface area contributed by atoms with E-state index in [1.54, 1.807) is 0 Å². The Labute approximate surface area is 133 Å². The molecule has 0 aromatic rings. The summed E-state index contributed by atoms with van der Waals surface area (Å²) in [6.07, 6.45) is 0. The topological polar surface area (TPSA) is 33.3 Å². The Morgan fingerprint density at radius 2 is 0.857 bits per heavy atom. The normalized spacial score (nSPS) is 14.0. The highest BCUT2D eigenvalue weighted by atomic mass is 16.5. The van der Waals surface area contributed by atoms with Crippen molar-refractivity contribution < 1.29 is 4.74 Å². The van der Waals surface area contributed by atoms with E-state index >= 15 is 0 Å². The maximum absolute atomic E-state index is 6.27. The monoisotopic (exact) mass is 300 g/mol. The Bertz CT molecular complexity index is 241. The van der Waals surface area contributed by atoms with Gasteiger partial charge < -0.3 is 15.4 Å². The van der Waals surface area contributed by atoms with Gasteiger partial charge in [0.2, 0.25) is 0 Å². The van der Waals surface area contributed by atoms with Crippen molar-refractivity contribution in [1.29, 1.82) is 0 Å². The Morgan fingerprint density at radius 3 is 1.00 bits per heavy atom. The molecule has 0 fully saturated rings. The minimum atomic E-state index is 0.0352. The van der Waals surface area contributed by atoms with Crippen molar-refractivity contribution in [2.75, 3.05) is 27.3 Å². The van der Waals surface area contributed by atoms with E-state index in [-0.39, 0.29) is 11.1 Å². The summed E-state index contributed by atoms with van der Waals surface area (Å²) in [5.74, 6) is 2.13. The molecule has 0 bridgehead atoms. The number of nitrogens with one attached hydrogen (secondary N) is 2. The summed E-state index contributed by atoms with van der Waals surface area (Å²) in [5.41, 5.74) is 0.0703. The molecule has 3 nitrogen and oxygen atoms in total. The molecule has 0 heterocycles. The first-order valence-electron chi connectivity index (χ1n) is 8.56. The fourth-order valence-electron chi connectivity index (χ4n) is 3.69. The second-order valence-electron chi connectivity index (χ2n) is 7.69. The number of ether oxygens (including phenoxy) is 1. The van der Waals surface area contributed by atoms with E-state index in [1.807, 2.05) is 0 Å². The third-order valence-corrected chi connectivity index (χ3v) is 5.73. The predicted molar refractivity (Wildman–Crippen MR) is 93.8 cm³/mol. The van der Waals surface area contributed by atoms with Crippen molar-refractivity contribution in [1.82, 2.24) is 10.6 Å². The molecule has 128 valence electrons. The first-order valence-corrected chi connectivity index (χ1v) is 8.56. The van der Waals surface area contributed by atoms with Gasteiger partial charge in [0, 0.05) is 11.1 Å². The van der Waals surface area contributed by atoms with Gasteiger partial charge in [-0.05, 0) is 37.8 Å². The predicted octanol–water partition coefficient (Wildman–Crippen LogP) is 3.54. The molecule has 0 aliphatic heterocycles. The minimum Gasteiger partial charge on any atom is -0.378 e. The molecule has 0 saturated heterocycles. The van der Waals surface area contributed by atoms with Crippen LogP contribution in [0.2, 0.25) is 0 Å². The Balaban J connectivity index is 4.98. The number of hydrogen-bond donors (Lipinski definition) is 2. The number of hydrogen-bond acceptors (Lipinski definition) is 3. The molecule has 0 rings (SSSR count). The van der Waals surface area contributed by atoms with E-state index in [0.29, 0.717) is 23.7 Å². The van der Waals surface area contributed by atoms with Gasteiger partial charge in [0.15, 0.2) is 0 Å². The molecule has 0 amide bonds. The van der Waals surface area contributed by atoms with Crippen LogP contribution in [0.25, 0.3) is 0 Å². The summed E-state index contributed by atoms with van der Waals surface area (Å²) in [7, 11) is 4.11. The van der Waals surface area contributed by atoms with Crippen molar-refractivity contribution in [3.8, 4) is 0 Å². The zero-order valence-corrected chi connectivity index (χ0v) is 16.1. The highest BCUT2D eigenvalue weighted by Gasteiger charge is 2.39. The first-order chi connectivity index (χ1) is 9.60. The van der Waals surface area contributed by atoms with E-state index in [1.165, 1.54) is 0 Å². The van der Waals surface area contributed by atoms with Crippen LogP contribution in [0.1, 0.15) is 55.4 Å². The van der Waals surface area contributed by atoms with Crippen molar-refractivity contribution >= 4 is 0 Å². The summed E-state index contributed by atoms with van der Waals surface area (Å²) in [5, 5.41) is 7.06. The van der Waals surface area contributed by atoms with Gasteiger partial charge in [0.25, 0.3) is 0 Å². The van der Waals surface area contributed by atoms with Crippen LogP contribution in [0.15, 0.2) is 0 Å². The molecule has 0 saturated carbocycles. The van der Waals surface area contributed by atoms with E-state index in [0.717, 1.165) is 13.2 Å². The van der Waals surface area contributed by atoms with E-state index in [4.69, 9.17) is 4.74 Å². The van der Waals surface area contributed by atoms with Crippen molar-refractivity contribution in [3.63, 3.8) is 0 Å². The molecule has 0 atom stereocenters. The quantitative estimate of drug-likeness (QED) is 0.647. The van der Waals surface area contributed by atoms with Crippen molar-refractivity contribution in [2.24, 2.45) is 23.7 Å². The standard InChI is InChI=1S/C18H40N2O/c1-13(2)17(19-9,14(3)4)11-21-12-18(20-10,15(5)6)16(7)8/h13-16,19-20H,11-12H2,1-10H3. The summed E-state index contributed by atoms with van der Waals surface area (Å²) in [6.45, 7) is 19.7. The maximum atomic E-state index is 6.27. The third kappa shape index (κ3) is 4.43. The molecule has 0 aliphatic rings. The van der Waals surface area contributed by atoms with Gasteiger partial charge >= 0.3 is 0 Å². The zero-order chi connectivity index (χ0) is 16.8. The molecule has 0 radical (unpaired) electrons. The van der Waals surface area contributed by atoms with Crippen LogP contribution in [0, 0.1) is 23.7 Å².